The van der Waals surface area contributed by atoms with Gasteiger partial charge >= 0.3 is 0 Å². The molecule has 0 fully saturated rings. The van der Waals surface area contributed by atoms with Gasteiger partial charge in [0, 0.05) is 16.8 Å². The molecule has 7 nitrogen and oxygen atoms in total. The summed E-state index contributed by atoms with van der Waals surface area (Å²) >= 11 is 5.89. The van der Waals surface area contributed by atoms with E-state index in [2.05, 4.69) is 10.5 Å². The van der Waals surface area contributed by atoms with Crippen LogP contribution in [0.5, 0.6) is 11.5 Å². The largest absolute Gasteiger partial charge is 0.493 e. The van der Waals surface area contributed by atoms with Crippen LogP contribution in [0.3, 0.4) is 0 Å². The number of carbonyl (C=O) groups is 1. The minimum Gasteiger partial charge on any atom is -0.493 e. The summed E-state index contributed by atoms with van der Waals surface area (Å²) in [6.07, 6.45) is 3.05. The molecular weight excluding hydrogens is 406 g/mol. The van der Waals surface area contributed by atoms with E-state index in [9.17, 15) is 9.59 Å². The molecule has 0 spiro atoms. The number of hydrazone groups is 1. The van der Waals surface area contributed by atoms with E-state index in [1.54, 1.807) is 42.6 Å². The Morgan fingerprint density at radius 1 is 1.10 bits per heavy atom. The lowest BCUT2D eigenvalue weighted by Crippen LogP contribution is -2.30. The Morgan fingerprint density at radius 3 is 2.57 bits per heavy atom. The van der Waals surface area contributed by atoms with Crippen molar-refractivity contribution in [3.8, 4) is 11.5 Å². The lowest BCUT2D eigenvalue weighted by Gasteiger charge is -2.09. The molecule has 1 N–H and O–H groups in total. The lowest BCUT2D eigenvalue weighted by atomic mass is 10.2. The van der Waals surface area contributed by atoms with Crippen LogP contribution in [0, 0.1) is 0 Å². The number of benzene rings is 2. The average molecular weight is 426 g/mol. The van der Waals surface area contributed by atoms with Gasteiger partial charge in [-0.2, -0.15) is 5.10 Å². The van der Waals surface area contributed by atoms with Crippen molar-refractivity contribution in [3.05, 3.63) is 92.9 Å². The van der Waals surface area contributed by atoms with Crippen molar-refractivity contribution in [2.24, 2.45) is 5.10 Å². The van der Waals surface area contributed by atoms with Crippen molar-refractivity contribution in [1.29, 1.82) is 0 Å². The predicted octanol–water partition coefficient (Wildman–Crippen LogP) is 3.33. The number of hydrogen-bond donors (Lipinski definition) is 1. The summed E-state index contributed by atoms with van der Waals surface area (Å²) in [4.78, 5) is 25.2. The fraction of sp³-hybridized carbons (Fsp3) is 0.136. The Hall–Kier alpha value is -3.58. The summed E-state index contributed by atoms with van der Waals surface area (Å²) < 4.78 is 12.0. The summed E-state index contributed by atoms with van der Waals surface area (Å²) in [6, 6.07) is 15.5. The van der Waals surface area contributed by atoms with Gasteiger partial charge in [0.1, 0.15) is 5.56 Å². The number of pyridine rings is 1. The second kappa shape index (κ2) is 9.76. The monoisotopic (exact) mass is 425 g/mol. The van der Waals surface area contributed by atoms with Crippen LogP contribution >= 0.6 is 11.6 Å². The van der Waals surface area contributed by atoms with Crippen molar-refractivity contribution >= 4 is 23.7 Å². The van der Waals surface area contributed by atoms with Gasteiger partial charge in [-0.25, -0.2) is 5.43 Å². The van der Waals surface area contributed by atoms with Gasteiger partial charge in [-0.1, -0.05) is 29.8 Å². The first kappa shape index (κ1) is 21.1. The molecule has 0 unspecified atom stereocenters. The fourth-order valence-corrected chi connectivity index (χ4v) is 2.98. The van der Waals surface area contributed by atoms with Crippen molar-refractivity contribution < 1.29 is 14.3 Å². The van der Waals surface area contributed by atoms with Gasteiger partial charge in [0.05, 0.1) is 27.0 Å². The van der Waals surface area contributed by atoms with Crippen molar-refractivity contribution in [3.63, 3.8) is 0 Å². The first-order valence-electron chi connectivity index (χ1n) is 9.01. The van der Waals surface area contributed by atoms with Gasteiger partial charge in [0.15, 0.2) is 11.5 Å². The normalized spacial score (nSPS) is 10.8. The standard InChI is InChI=1S/C22H20ClN3O4/c1-29-19-7-3-5-16(20(19)30-2)13-24-25-21(27)18-6-4-12-26(22(18)28)14-15-8-10-17(23)11-9-15/h3-13H,14H2,1-2H3,(H,25,27)/b24-13-. The molecule has 0 bridgehead atoms. The molecule has 0 aliphatic carbocycles. The molecule has 1 amide bonds. The Kier molecular flexibility index (Phi) is 6.87. The molecule has 0 saturated heterocycles. The molecule has 1 aromatic heterocycles. The first-order valence-corrected chi connectivity index (χ1v) is 9.39. The van der Waals surface area contributed by atoms with Gasteiger partial charge in [0.2, 0.25) is 0 Å². The van der Waals surface area contributed by atoms with E-state index in [0.717, 1.165) is 5.56 Å². The number of hydrogen-bond acceptors (Lipinski definition) is 5. The van der Waals surface area contributed by atoms with Gasteiger partial charge in [-0.3, -0.25) is 9.59 Å². The fourth-order valence-electron chi connectivity index (χ4n) is 2.86. The third-order valence-corrected chi connectivity index (χ3v) is 4.59. The van der Waals surface area contributed by atoms with E-state index in [0.29, 0.717) is 28.6 Å². The zero-order valence-corrected chi connectivity index (χ0v) is 17.2. The van der Waals surface area contributed by atoms with E-state index in [4.69, 9.17) is 21.1 Å². The second-order valence-corrected chi connectivity index (χ2v) is 6.70. The van der Waals surface area contributed by atoms with Crippen LogP contribution < -0.4 is 20.5 Å². The third-order valence-electron chi connectivity index (χ3n) is 4.33. The molecule has 0 atom stereocenters. The Bertz CT molecular complexity index is 1120. The van der Waals surface area contributed by atoms with E-state index in [1.807, 2.05) is 12.1 Å². The molecule has 0 aliphatic rings. The second-order valence-electron chi connectivity index (χ2n) is 6.26. The Morgan fingerprint density at radius 2 is 1.87 bits per heavy atom. The van der Waals surface area contributed by atoms with E-state index in [1.165, 1.54) is 31.1 Å². The summed E-state index contributed by atoms with van der Waals surface area (Å²) in [5.74, 6) is 0.424. The molecule has 30 heavy (non-hydrogen) atoms. The zero-order valence-electron chi connectivity index (χ0n) is 16.5. The van der Waals surface area contributed by atoms with Gasteiger partial charge in [0.25, 0.3) is 11.5 Å². The van der Waals surface area contributed by atoms with Crippen molar-refractivity contribution in [1.82, 2.24) is 9.99 Å². The molecule has 154 valence electrons. The Labute approximate surface area is 178 Å². The number of carbonyl (C=O) groups excluding carboxylic acids is 1. The topological polar surface area (TPSA) is 81.9 Å². The molecule has 0 saturated carbocycles. The molecule has 3 aromatic rings. The molecule has 1 heterocycles. The minimum atomic E-state index is -0.608. The smallest absolute Gasteiger partial charge is 0.276 e. The number of aromatic nitrogens is 1. The first-order chi connectivity index (χ1) is 14.5. The summed E-state index contributed by atoms with van der Waals surface area (Å²) in [5, 5.41) is 4.56. The molecule has 8 heteroatoms. The predicted molar refractivity (Wildman–Crippen MR) is 116 cm³/mol. The number of halogens is 1. The highest BCUT2D eigenvalue weighted by Crippen LogP contribution is 2.29. The summed E-state index contributed by atoms with van der Waals surface area (Å²) in [5.41, 5.74) is 3.46. The number of rotatable bonds is 7. The van der Waals surface area contributed by atoms with Gasteiger partial charge in [-0.15, -0.1) is 0 Å². The van der Waals surface area contributed by atoms with Gasteiger partial charge < -0.3 is 14.0 Å². The number of methoxy groups -OCH3 is 2. The highest BCUT2D eigenvalue weighted by molar-refractivity contribution is 6.30. The lowest BCUT2D eigenvalue weighted by molar-refractivity contribution is 0.0953. The highest BCUT2D eigenvalue weighted by Gasteiger charge is 2.12. The summed E-state index contributed by atoms with van der Waals surface area (Å²) in [7, 11) is 3.05. The molecule has 2 aromatic carbocycles. The van der Waals surface area contributed by atoms with Crippen LogP contribution in [-0.2, 0) is 6.54 Å². The minimum absolute atomic E-state index is 0.0128. The maximum atomic E-state index is 12.7. The zero-order chi connectivity index (χ0) is 21.5. The van der Waals surface area contributed by atoms with Crippen molar-refractivity contribution in [2.75, 3.05) is 14.2 Å². The Balaban J connectivity index is 1.76. The maximum Gasteiger partial charge on any atom is 0.276 e. The quantitative estimate of drug-likeness (QED) is 0.465. The number of nitrogens with zero attached hydrogens (tertiary/aromatic N) is 2. The molecule has 0 radical (unpaired) electrons. The van der Waals surface area contributed by atoms with E-state index >= 15 is 0 Å². The molecule has 0 aliphatic heterocycles. The van der Waals surface area contributed by atoms with Crippen LogP contribution in [0.4, 0.5) is 0 Å². The third kappa shape index (κ3) is 4.87. The number of ether oxygens (including phenoxy) is 2. The highest BCUT2D eigenvalue weighted by atomic mass is 35.5. The van der Waals surface area contributed by atoms with Crippen LogP contribution in [0.2, 0.25) is 5.02 Å². The van der Waals surface area contributed by atoms with Crippen molar-refractivity contribution in [2.45, 2.75) is 6.54 Å². The van der Waals surface area contributed by atoms with E-state index < -0.39 is 11.5 Å². The SMILES string of the molecule is COc1cccc(/C=N\NC(=O)c2cccn(Cc3ccc(Cl)cc3)c2=O)c1OC. The van der Waals surface area contributed by atoms with Crippen LogP contribution in [0.1, 0.15) is 21.5 Å². The molecule has 3 rings (SSSR count). The molecular formula is C22H20ClN3O4. The number of amides is 1. The van der Waals surface area contributed by atoms with Crippen LogP contribution in [0.25, 0.3) is 0 Å². The van der Waals surface area contributed by atoms with E-state index in [-0.39, 0.29) is 5.56 Å². The summed E-state index contributed by atoms with van der Waals surface area (Å²) in [6.45, 7) is 0.321. The number of para-hydroxylation sites is 1. The average Bonchev–Trinajstić information content (AvgIpc) is 2.76. The van der Waals surface area contributed by atoms with Crippen LogP contribution in [-0.4, -0.2) is 30.9 Å². The van der Waals surface area contributed by atoms with Gasteiger partial charge in [-0.05, 0) is 42.0 Å². The number of nitrogens with one attached hydrogen (secondary N) is 1. The maximum absolute atomic E-state index is 12.7. The van der Waals surface area contributed by atoms with Crippen LogP contribution in [0.15, 0.2) is 70.7 Å².